The summed E-state index contributed by atoms with van der Waals surface area (Å²) in [6.07, 6.45) is 7.43. The van der Waals surface area contributed by atoms with Crippen molar-refractivity contribution in [1.82, 2.24) is 5.32 Å². The first-order chi connectivity index (χ1) is 6.70. The number of piperidine rings is 1. The van der Waals surface area contributed by atoms with Gasteiger partial charge in [-0.3, -0.25) is 0 Å². The highest BCUT2D eigenvalue weighted by Crippen LogP contribution is 2.45. The van der Waals surface area contributed by atoms with Crippen molar-refractivity contribution in [2.75, 3.05) is 13.1 Å². The van der Waals surface area contributed by atoms with Crippen molar-refractivity contribution in [2.24, 2.45) is 11.3 Å². The van der Waals surface area contributed by atoms with Crippen LogP contribution in [0.5, 0.6) is 0 Å². The zero-order valence-corrected chi connectivity index (χ0v) is 9.26. The van der Waals surface area contributed by atoms with Crippen LogP contribution in [-0.4, -0.2) is 24.3 Å². The van der Waals surface area contributed by atoms with Crippen molar-refractivity contribution in [3.63, 3.8) is 0 Å². The second kappa shape index (κ2) is 4.19. The quantitative estimate of drug-likeness (QED) is 0.724. The summed E-state index contributed by atoms with van der Waals surface area (Å²) in [6.45, 7) is 4.49. The molecule has 2 N–H and O–H groups in total. The highest BCUT2D eigenvalue weighted by atomic mass is 16.3. The summed E-state index contributed by atoms with van der Waals surface area (Å²) in [5, 5.41) is 13.5. The van der Waals surface area contributed by atoms with E-state index in [0.29, 0.717) is 11.3 Å². The van der Waals surface area contributed by atoms with Crippen molar-refractivity contribution in [3.8, 4) is 0 Å². The molecular weight excluding hydrogens is 174 g/mol. The second-order valence-electron chi connectivity index (χ2n) is 5.54. The van der Waals surface area contributed by atoms with Gasteiger partial charge in [0.25, 0.3) is 0 Å². The van der Waals surface area contributed by atoms with Gasteiger partial charge in [-0.1, -0.05) is 13.3 Å². The van der Waals surface area contributed by atoms with E-state index in [1.165, 1.54) is 32.1 Å². The maximum atomic E-state index is 10.1. The Hall–Kier alpha value is -0.0800. The first kappa shape index (κ1) is 10.4. The van der Waals surface area contributed by atoms with Crippen LogP contribution < -0.4 is 5.32 Å². The van der Waals surface area contributed by atoms with Gasteiger partial charge in [0.15, 0.2) is 0 Å². The second-order valence-corrected chi connectivity index (χ2v) is 5.54. The van der Waals surface area contributed by atoms with E-state index in [0.717, 1.165) is 19.5 Å². The molecule has 1 aliphatic carbocycles. The third-order valence-electron chi connectivity index (χ3n) is 4.14. The average molecular weight is 197 g/mol. The van der Waals surface area contributed by atoms with Crippen LogP contribution in [0.2, 0.25) is 0 Å². The Balaban J connectivity index is 1.78. The molecular formula is C12H23NO. The lowest BCUT2D eigenvalue weighted by molar-refractivity contribution is 0.0144. The van der Waals surface area contributed by atoms with Gasteiger partial charge in [0.05, 0.1) is 6.10 Å². The van der Waals surface area contributed by atoms with Crippen LogP contribution in [0, 0.1) is 11.3 Å². The van der Waals surface area contributed by atoms with Crippen molar-refractivity contribution >= 4 is 0 Å². The van der Waals surface area contributed by atoms with Gasteiger partial charge in [-0.25, -0.2) is 0 Å². The predicted molar refractivity (Wildman–Crippen MR) is 58.2 cm³/mol. The van der Waals surface area contributed by atoms with Gasteiger partial charge >= 0.3 is 0 Å². The molecule has 0 aromatic carbocycles. The van der Waals surface area contributed by atoms with E-state index in [9.17, 15) is 5.11 Å². The van der Waals surface area contributed by atoms with Crippen LogP contribution in [0.15, 0.2) is 0 Å². The predicted octanol–water partition coefficient (Wildman–Crippen LogP) is 1.93. The minimum atomic E-state index is -0.0619. The van der Waals surface area contributed by atoms with Crippen molar-refractivity contribution < 1.29 is 5.11 Å². The van der Waals surface area contributed by atoms with Gasteiger partial charge in [-0.15, -0.1) is 0 Å². The summed E-state index contributed by atoms with van der Waals surface area (Å²) in [5.74, 6) is 0.515. The van der Waals surface area contributed by atoms with E-state index >= 15 is 0 Å². The molecule has 2 rings (SSSR count). The molecule has 2 nitrogen and oxygen atoms in total. The van der Waals surface area contributed by atoms with E-state index in [1.807, 2.05) is 0 Å². The van der Waals surface area contributed by atoms with Gasteiger partial charge in [0.2, 0.25) is 0 Å². The smallest absolute Gasteiger partial charge is 0.0585 e. The number of nitrogens with one attached hydrogen (secondary N) is 1. The molecule has 0 radical (unpaired) electrons. The highest BCUT2D eigenvalue weighted by molar-refractivity contribution is 4.88. The van der Waals surface area contributed by atoms with E-state index in [4.69, 9.17) is 0 Å². The number of hydrogen-bond acceptors (Lipinski definition) is 2. The molecule has 2 aliphatic rings. The van der Waals surface area contributed by atoms with E-state index in [-0.39, 0.29) is 6.10 Å². The molecule has 0 amide bonds. The van der Waals surface area contributed by atoms with Crippen LogP contribution in [-0.2, 0) is 0 Å². The number of aliphatic hydroxyl groups excluding tert-OH is 1. The topological polar surface area (TPSA) is 32.3 Å². The monoisotopic (exact) mass is 197 g/mol. The van der Waals surface area contributed by atoms with Gasteiger partial charge in [-0.2, -0.15) is 0 Å². The Bertz CT molecular complexity index is 183. The number of aliphatic hydroxyl groups is 1. The van der Waals surface area contributed by atoms with Gasteiger partial charge in [-0.05, 0) is 50.0 Å². The first-order valence-electron chi connectivity index (χ1n) is 6.08. The lowest BCUT2D eigenvalue weighted by Gasteiger charge is -2.42. The molecule has 2 fully saturated rings. The molecule has 0 aromatic rings. The van der Waals surface area contributed by atoms with Crippen LogP contribution in [0.4, 0.5) is 0 Å². The molecule has 0 aromatic heterocycles. The van der Waals surface area contributed by atoms with E-state index < -0.39 is 0 Å². The summed E-state index contributed by atoms with van der Waals surface area (Å²) >= 11 is 0. The molecule has 0 spiro atoms. The van der Waals surface area contributed by atoms with E-state index in [1.54, 1.807) is 0 Å². The van der Waals surface area contributed by atoms with Gasteiger partial charge in [0, 0.05) is 6.54 Å². The van der Waals surface area contributed by atoms with Crippen LogP contribution >= 0.6 is 0 Å². The molecule has 0 bridgehead atoms. The fourth-order valence-electron chi connectivity index (χ4n) is 2.86. The van der Waals surface area contributed by atoms with Gasteiger partial charge in [0.1, 0.15) is 0 Å². The lowest BCUT2D eigenvalue weighted by Crippen LogP contribution is -2.40. The maximum absolute atomic E-state index is 10.1. The highest BCUT2D eigenvalue weighted by Gasteiger charge is 2.36. The Morgan fingerprint density at radius 3 is 2.71 bits per heavy atom. The lowest BCUT2D eigenvalue weighted by atomic mass is 9.66. The van der Waals surface area contributed by atoms with Crippen molar-refractivity contribution in [1.29, 1.82) is 0 Å². The summed E-state index contributed by atoms with van der Waals surface area (Å²) < 4.78 is 0. The minimum Gasteiger partial charge on any atom is -0.393 e. The summed E-state index contributed by atoms with van der Waals surface area (Å²) in [4.78, 5) is 0. The Kier molecular flexibility index (Phi) is 3.13. The Labute approximate surface area is 87.1 Å². The zero-order valence-electron chi connectivity index (χ0n) is 9.26. The minimum absolute atomic E-state index is 0.0619. The SMILES string of the molecule is CC1(CC(O)C2CCCNC2)CCC1. The van der Waals surface area contributed by atoms with Crippen LogP contribution in [0.3, 0.4) is 0 Å². The molecule has 82 valence electrons. The summed E-state index contributed by atoms with van der Waals surface area (Å²) in [5.41, 5.74) is 0.469. The number of rotatable bonds is 3. The normalized spacial score (nSPS) is 33.4. The van der Waals surface area contributed by atoms with Crippen LogP contribution in [0.1, 0.15) is 45.4 Å². The third kappa shape index (κ3) is 2.29. The average Bonchev–Trinajstić information content (AvgIpc) is 2.17. The zero-order chi connectivity index (χ0) is 10.0. The largest absolute Gasteiger partial charge is 0.393 e. The van der Waals surface area contributed by atoms with Gasteiger partial charge < -0.3 is 10.4 Å². The summed E-state index contributed by atoms with van der Waals surface area (Å²) in [6, 6.07) is 0. The van der Waals surface area contributed by atoms with Crippen LogP contribution in [0.25, 0.3) is 0 Å². The van der Waals surface area contributed by atoms with E-state index in [2.05, 4.69) is 12.2 Å². The molecule has 2 heteroatoms. The molecule has 1 saturated carbocycles. The first-order valence-corrected chi connectivity index (χ1v) is 6.08. The molecule has 2 atom stereocenters. The molecule has 1 heterocycles. The molecule has 14 heavy (non-hydrogen) atoms. The molecule has 1 aliphatic heterocycles. The maximum Gasteiger partial charge on any atom is 0.0585 e. The standard InChI is InChI=1S/C12H23NO/c1-12(5-3-6-12)8-11(14)10-4-2-7-13-9-10/h10-11,13-14H,2-9H2,1H3. The fraction of sp³-hybridized carbons (Fsp3) is 1.00. The number of hydrogen-bond donors (Lipinski definition) is 2. The summed E-state index contributed by atoms with van der Waals surface area (Å²) in [7, 11) is 0. The van der Waals surface area contributed by atoms with Crippen molar-refractivity contribution in [3.05, 3.63) is 0 Å². The molecule has 1 saturated heterocycles. The Morgan fingerprint density at radius 2 is 2.21 bits per heavy atom. The Morgan fingerprint density at radius 1 is 1.43 bits per heavy atom. The third-order valence-corrected chi connectivity index (χ3v) is 4.14. The fourth-order valence-corrected chi connectivity index (χ4v) is 2.86. The molecule has 2 unspecified atom stereocenters. The van der Waals surface area contributed by atoms with Crippen molar-refractivity contribution in [2.45, 2.75) is 51.6 Å².